The number of hydrogen-bond acceptors (Lipinski definition) is 4. The van der Waals surface area contributed by atoms with Crippen LogP contribution in [0, 0.1) is 20.8 Å². The number of amides is 1. The van der Waals surface area contributed by atoms with Crippen LogP contribution < -0.4 is 4.72 Å². The lowest BCUT2D eigenvalue weighted by Crippen LogP contribution is -2.35. The Labute approximate surface area is 117 Å². The molecule has 0 aliphatic heterocycles. The first-order chi connectivity index (χ1) is 9.29. The van der Waals surface area contributed by atoms with Crippen molar-refractivity contribution in [1.29, 1.82) is 0 Å². The van der Waals surface area contributed by atoms with E-state index in [0.29, 0.717) is 11.4 Å². The van der Waals surface area contributed by atoms with Crippen LogP contribution in [0.2, 0.25) is 0 Å². The average molecular weight is 293 g/mol. The first-order valence-electron chi connectivity index (χ1n) is 5.97. The molecule has 0 saturated heterocycles. The molecule has 2 rings (SSSR count). The molecule has 0 radical (unpaired) electrons. The first kappa shape index (κ1) is 14.3. The van der Waals surface area contributed by atoms with E-state index in [1.165, 1.54) is 12.1 Å². The highest BCUT2D eigenvalue weighted by molar-refractivity contribution is 7.90. The minimum atomic E-state index is -3.89. The normalized spacial score (nSPS) is 11.3. The van der Waals surface area contributed by atoms with E-state index in [0.717, 1.165) is 10.2 Å². The summed E-state index contributed by atoms with van der Waals surface area (Å²) in [5, 5.41) is 3.94. The Hall–Kier alpha value is -2.15. The van der Waals surface area contributed by atoms with Crippen LogP contribution in [0.25, 0.3) is 0 Å². The average Bonchev–Trinajstić information content (AvgIpc) is 2.68. The zero-order valence-electron chi connectivity index (χ0n) is 11.4. The summed E-state index contributed by atoms with van der Waals surface area (Å²) >= 11 is 0. The summed E-state index contributed by atoms with van der Waals surface area (Å²) in [4.78, 5) is 12.0. The van der Waals surface area contributed by atoms with Crippen molar-refractivity contribution in [2.75, 3.05) is 0 Å². The van der Waals surface area contributed by atoms with Crippen LogP contribution in [0.15, 0.2) is 35.2 Å². The zero-order chi connectivity index (χ0) is 14.9. The summed E-state index contributed by atoms with van der Waals surface area (Å²) in [6, 6.07) is 7.14. The molecule has 1 heterocycles. The fourth-order valence-corrected chi connectivity index (χ4v) is 2.70. The van der Waals surface area contributed by atoms with Gasteiger partial charge in [0.2, 0.25) is 0 Å². The summed E-state index contributed by atoms with van der Waals surface area (Å²) in [5.41, 5.74) is 2.15. The first-order valence-corrected chi connectivity index (χ1v) is 7.45. The van der Waals surface area contributed by atoms with Gasteiger partial charge in [0.05, 0.1) is 10.6 Å². The Balaban J connectivity index is 2.26. The number of nitrogens with zero attached hydrogens (tertiary/aromatic N) is 2. The molecule has 0 bridgehead atoms. The van der Waals surface area contributed by atoms with Gasteiger partial charge in [0.15, 0.2) is 0 Å². The third-order valence-corrected chi connectivity index (χ3v) is 4.09. The maximum atomic E-state index is 12.1. The second-order valence-electron chi connectivity index (χ2n) is 4.56. The van der Waals surface area contributed by atoms with Crippen molar-refractivity contribution in [3.05, 3.63) is 47.3 Å². The minimum Gasteiger partial charge on any atom is -0.245 e. The van der Waals surface area contributed by atoms with Gasteiger partial charge in [-0.3, -0.25) is 0 Å². The molecule has 0 aliphatic rings. The molecule has 2 aromatic rings. The fraction of sp³-hybridized carbons (Fsp3) is 0.231. The van der Waals surface area contributed by atoms with Crippen molar-refractivity contribution in [3.8, 4) is 0 Å². The van der Waals surface area contributed by atoms with E-state index in [9.17, 15) is 13.2 Å². The number of aromatic nitrogens is 2. The third-order valence-electron chi connectivity index (χ3n) is 2.75. The van der Waals surface area contributed by atoms with Crippen molar-refractivity contribution in [2.45, 2.75) is 25.7 Å². The Morgan fingerprint density at radius 1 is 1.15 bits per heavy atom. The Bertz CT molecular complexity index is 746. The van der Waals surface area contributed by atoms with E-state index >= 15 is 0 Å². The lowest BCUT2D eigenvalue weighted by molar-refractivity contribution is 0.244. The summed E-state index contributed by atoms with van der Waals surface area (Å²) in [7, 11) is -3.89. The van der Waals surface area contributed by atoms with Crippen molar-refractivity contribution < 1.29 is 13.2 Å². The molecule has 0 spiro atoms. The molecular weight excluding hydrogens is 278 g/mol. The van der Waals surface area contributed by atoms with E-state index in [4.69, 9.17) is 0 Å². The lowest BCUT2D eigenvalue weighted by Gasteiger charge is -2.08. The largest absolute Gasteiger partial charge is 0.356 e. The molecule has 20 heavy (non-hydrogen) atoms. The van der Waals surface area contributed by atoms with Crippen LogP contribution >= 0.6 is 0 Å². The quantitative estimate of drug-likeness (QED) is 0.914. The lowest BCUT2D eigenvalue weighted by atomic mass is 10.2. The van der Waals surface area contributed by atoms with E-state index < -0.39 is 16.1 Å². The number of carbonyl (C=O) groups excluding carboxylic acids is 1. The molecule has 6 nitrogen and oxygen atoms in total. The molecular formula is C13H15N3O3S. The summed E-state index contributed by atoms with van der Waals surface area (Å²) in [6.45, 7) is 5.26. The van der Waals surface area contributed by atoms with E-state index in [-0.39, 0.29) is 4.90 Å². The topological polar surface area (TPSA) is 81.1 Å². The number of aryl methyl sites for hydroxylation is 3. The van der Waals surface area contributed by atoms with Crippen LogP contribution in [-0.4, -0.2) is 24.2 Å². The fourth-order valence-electron chi connectivity index (χ4n) is 1.77. The highest BCUT2D eigenvalue weighted by Crippen LogP contribution is 2.10. The summed E-state index contributed by atoms with van der Waals surface area (Å²) in [5.74, 6) is 0. The van der Waals surface area contributed by atoms with Gasteiger partial charge in [-0.2, -0.15) is 9.78 Å². The highest BCUT2D eigenvalue weighted by atomic mass is 32.2. The minimum absolute atomic E-state index is 0.0398. The molecule has 7 heteroatoms. The van der Waals surface area contributed by atoms with Gasteiger partial charge < -0.3 is 0 Å². The van der Waals surface area contributed by atoms with Gasteiger partial charge in [-0.15, -0.1) is 0 Å². The van der Waals surface area contributed by atoms with Crippen molar-refractivity contribution >= 4 is 16.1 Å². The molecule has 0 unspecified atom stereocenters. The van der Waals surface area contributed by atoms with Crippen molar-refractivity contribution in [2.24, 2.45) is 0 Å². The Morgan fingerprint density at radius 3 is 2.25 bits per heavy atom. The van der Waals surface area contributed by atoms with Gasteiger partial charge in [-0.05, 0) is 39.0 Å². The molecule has 1 amide bonds. The smallest absolute Gasteiger partial charge is 0.245 e. The van der Waals surface area contributed by atoms with Gasteiger partial charge >= 0.3 is 6.03 Å². The predicted octanol–water partition coefficient (Wildman–Crippen LogP) is 1.75. The molecule has 1 aromatic carbocycles. The van der Waals surface area contributed by atoms with Gasteiger partial charge in [0.25, 0.3) is 10.0 Å². The van der Waals surface area contributed by atoms with E-state index in [1.807, 2.05) is 11.6 Å². The number of sulfonamides is 1. The standard InChI is InChI=1S/C13H15N3O3S/c1-9-4-6-12(7-5-9)20(18,19)15-13(17)16-11(3)8-10(2)14-16/h4-8H,1-3H3,(H,15,17). The van der Waals surface area contributed by atoms with Gasteiger partial charge in [-0.25, -0.2) is 17.9 Å². The van der Waals surface area contributed by atoms with Crippen LogP contribution in [0.4, 0.5) is 4.79 Å². The zero-order valence-corrected chi connectivity index (χ0v) is 12.2. The van der Waals surface area contributed by atoms with E-state index in [2.05, 4.69) is 5.10 Å². The van der Waals surface area contributed by atoms with E-state index in [1.54, 1.807) is 32.0 Å². The Kier molecular flexibility index (Phi) is 3.63. The number of carbonyl (C=O) groups is 1. The molecule has 0 atom stereocenters. The second kappa shape index (κ2) is 5.09. The van der Waals surface area contributed by atoms with Crippen molar-refractivity contribution in [1.82, 2.24) is 14.5 Å². The number of rotatable bonds is 2. The molecule has 1 aromatic heterocycles. The maximum absolute atomic E-state index is 12.1. The highest BCUT2D eigenvalue weighted by Gasteiger charge is 2.20. The molecule has 0 saturated carbocycles. The van der Waals surface area contributed by atoms with Gasteiger partial charge in [0, 0.05) is 5.69 Å². The molecule has 0 aliphatic carbocycles. The van der Waals surface area contributed by atoms with Crippen LogP contribution in [-0.2, 0) is 10.0 Å². The predicted molar refractivity (Wildman–Crippen MR) is 74.0 cm³/mol. The number of nitrogens with one attached hydrogen (secondary N) is 1. The summed E-state index contributed by atoms with van der Waals surface area (Å²) in [6.07, 6.45) is 0. The molecule has 106 valence electrons. The molecule has 1 N–H and O–H groups in total. The molecule has 0 fully saturated rings. The van der Waals surface area contributed by atoms with Gasteiger partial charge in [0.1, 0.15) is 0 Å². The monoisotopic (exact) mass is 293 g/mol. The third kappa shape index (κ3) is 2.88. The van der Waals surface area contributed by atoms with Crippen LogP contribution in [0.3, 0.4) is 0 Å². The second-order valence-corrected chi connectivity index (χ2v) is 6.25. The Morgan fingerprint density at radius 2 is 1.75 bits per heavy atom. The van der Waals surface area contributed by atoms with Crippen LogP contribution in [0.5, 0.6) is 0 Å². The maximum Gasteiger partial charge on any atom is 0.356 e. The number of hydrogen-bond donors (Lipinski definition) is 1. The number of benzene rings is 1. The SMILES string of the molecule is Cc1ccc(S(=O)(=O)NC(=O)n2nc(C)cc2C)cc1. The van der Waals surface area contributed by atoms with Crippen LogP contribution in [0.1, 0.15) is 17.0 Å². The van der Waals surface area contributed by atoms with Crippen molar-refractivity contribution in [3.63, 3.8) is 0 Å². The summed E-state index contributed by atoms with van der Waals surface area (Å²) < 4.78 is 27.2. The van der Waals surface area contributed by atoms with Gasteiger partial charge in [-0.1, -0.05) is 17.7 Å².